The van der Waals surface area contributed by atoms with Crippen molar-refractivity contribution in [3.63, 3.8) is 0 Å². The second-order valence-electron chi connectivity index (χ2n) is 8.11. The lowest BCUT2D eigenvalue weighted by atomic mass is 10.0. The molecule has 0 fully saturated rings. The summed E-state index contributed by atoms with van der Waals surface area (Å²) in [6, 6.07) is 27.0. The average Bonchev–Trinajstić information content (AvgIpc) is 3.35. The van der Waals surface area contributed by atoms with Crippen LogP contribution in [0.2, 0.25) is 0 Å². The van der Waals surface area contributed by atoms with E-state index in [9.17, 15) is 0 Å². The van der Waals surface area contributed by atoms with Gasteiger partial charge in [-0.2, -0.15) is 0 Å². The number of para-hydroxylation sites is 3. The monoisotopic (exact) mass is 429 g/mol. The average molecular weight is 430 g/mol. The van der Waals surface area contributed by atoms with E-state index in [1.807, 2.05) is 24.3 Å². The molecular weight excluding hydrogens is 406 g/mol. The van der Waals surface area contributed by atoms with Crippen LogP contribution in [0.25, 0.3) is 56.6 Å². The van der Waals surface area contributed by atoms with E-state index in [-0.39, 0.29) is 0 Å². The molecule has 33 heavy (non-hydrogen) atoms. The molecule has 3 aromatic carbocycles. The number of rotatable bonds is 4. The molecule has 0 aliphatic rings. The minimum atomic E-state index is 0.677. The third-order valence-electron chi connectivity index (χ3n) is 6.20. The Morgan fingerprint density at radius 3 is 2.24 bits per heavy atom. The normalized spacial score (nSPS) is 11.9. The second-order valence-corrected chi connectivity index (χ2v) is 8.11. The number of benzene rings is 3. The molecule has 5 heteroatoms. The SMILES string of the molecule is CCn1c(/C=C/c2c(-c3ccccc3)n(C)c3ccccc23)nc2nc3ccccc3nc21. The van der Waals surface area contributed by atoms with Crippen LogP contribution in [-0.2, 0) is 13.6 Å². The third kappa shape index (κ3) is 3.12. The standard InChI is InChI=1S/C28H23N5/c1-3-33-25(31-27-28(33)30-23-15-9-8-14-22(23)29-27)18-17-21-20-13-7-10-16-24(20)32(2)26(21)19-11-5-4-6-12-19/h4-18H,3H2,1-2H3/b18-17+. The van der Waals surface area contributed by atoms with Crippen LogP contribution in [0.4, 0.5) is 0 Å². The van der Waals surface area contributed by atoms with Crippen molar-refractivity contribution in [2.45, 2.75) is 13.5 Å². The van der Waals surface area contributed by atoms with Gasteiger partial charge < -0.3 is 9.13 Å². The first kappa shape index (κ1) is 19.4. The largest absolute Gasteiger partial charge is 0.343 e. The summed E-state index contributed by atoms with van der Waals surface area (Å²) < 4.78 is 4.39. The fourth-order valence-electron chi connectivity index (χ4n) is 4.65. The highest BCUT2D eigenvalue weighted by molar-refractivity contribution is 5.99. The van der Waals surface area contributed by atoms with Crippen LogP contribution in [0.15, 0.2) is 78.9 Å². The smallest absolute Gasteiger partial charge is 0.198 e. The molecule has 5 nitrogen and oxygen atoms in total. The molecule has 0 unspecified atom stereocenters. The molecule has 0 radical (unpaired) electrons. The summed E-state index contributed by atoms with van der Waals surface area (Å²) in [5, 5.41) is 1.22. The van der Waals surface area contributed by atoms with Gasteiger partial charge in [-0.3, -0.25) is 0 Å². The lowest BCUT2D eigenvalue weighted by Crippen LogP contribution is -1.99. The molecule has 0 saturated heterocycles. The Morgan fingerprint density at radius 2 is 1.45 bits per heavy atom. The van der Waals surface area contributed by atoms with E-state index in [1.54, 1.807) is 0 Å². The van der Waals surface area contributed by atoms with Crippen molar-refractivity contribution in [3.8, 4) is 11.3 Å². The zero-order chi connectivity index (χ0) is 22.4. The fourth-order valence-corrected chi connectivity index (χ4v) is 4.65. The van der Waals surface area contributed by atoms with Crippen LogP contribution < -0.4 is 0 Å². The van der Waals surface area contributed by atoms with Crippen molar-refractivity contribution in [3.05, 3.63) is 90.3 Å². The molecule has 6 aromatic rings. The molecule has 0 bridgehead atoms. The van der Waals surface area contributed by atoms with Gasteiger partial charge in [-0.15, -0.1) is 0 Å². The van der Waals surface area contributed by atoms with Crippen LogP contribution in [0.1, 0.15) is 18.3 Å². The highest BCUT2D eigenvalue weighted by Crippen LogP contribution is 2.34. The van der Waals surface area contributed by atoms with Crippen molar-refractivity contribution < 1.29 is 0 Å². The Kier molecular flexibility index (Phi) is 4.54. The number of aromatic nitrogens is 5. The van der Waals surface area contributed by atoms with Gasteiger partial charge in [0.05, 0.1) is 16.7 Å². The van der Waals surface area contributed by atoms with Gasteiger partial charge in [0.1, 0.15) is 5.82 Å². The summed E-state index contributed by atoms with van der Waals surface area (Å²) in [4.78, 5) is 14.4. The lowest BCUT2D eigenvalue weighted by molar-refractivity contribution is 0.770. The number of nitrogens with zero attached hydrogens (tertiary/aromatic N) is 5. The lowest BCUT2D eigenvalue weighted by Gasteiger charge is -2.06. The number of imidazole rings is 1. The van der Waals surface area contributed by atoms with Crippen LogP contribution in [0.3, 0.4) is 0 Å². The first-order valence-corrected chi connectivity index (χ1v) is 11.2. The van der Waals surface area contributed by atoms with E-state index in [1.165, 1.54) is 27.7 Å². The molecule has 0 atom stereocenters. The molecule has 0 amide bonds. The van der Waals surface area contributed by atoms with Crippen molar-refractivity contribution in [1.82, 2.24) is 24.1 Å². The topological polar surface area (TPSA) is 48.5 Å². The molecule has 0 aliphatic heterocycles. The Morgan fingerprint density at radius 1 is 0.758 bits per heavy atom. The van der Waals surface area contributed by atoms with E-state index in [0.717, 1.165) is 29.0 Å². The highest BCUT2D eigenvalue weighted by atomic mass is 15.2. The predicted octanol–water partition coefficient (Wildman–Crippen LogP) is 6.33. The third-order valence-corrected chi connectivity index (χ3v) is 6.20. The van der Waals surface area contributed by atoms with Crippen molar-refractivity contribution >= 4 is 45.4 Å². The number of hydrogen-bond donors (Lipinski definition) is 0. The zero-order valence-electron chi connectivity index (χ0n) is 18.6. The zero-order valence-corrected chi connectivity index (χ0v) is 18.6. The molecule has 0 N–H and O–H groups in total. The van der Waals surface area contributed by atoms with Gasteiger partial charge in [-0.25, -0.2) is 15.0 Å². The molecule has 0 saturated carbocycles. The number of fused-ring (bicyclic) bond motifs is 3. The van der Waals surface area contributed by atoms with Gasteiger partial charge in [0.25, 0.3) is 0 Å². The molecule has 0 aliphatic carbocycles. The minimum absolute atomic E-state index is 0.677. The van der Waals surface area contributed by atoms with Gasteiger partial charge in [-0.1, -0.05) is 60.7 Å². The van der Waals surface area contributed by atoms with Crippen LogP contribution in [0.5, 0.6) is 0 Å². The van der Waals surface area contributed by atoms with E-state index in [2.05, 4.69) is 89.9 Å². The Bertz CT molecular complexity index is 1650. The quantitative estimate of drug-likeness (QED) is 0.329. The molecule has 160 valence electrons. The maximum atomic E-state index is 4.84. The number of aryl methyl sites for hydroxylation is 2. The first-order chi connectivity index (χ1) is 16.2. The molecule has 3 aromatic heterocycles. The van der Waals surface area contributed by atoms with Crippen molar-refractivity contribution in [1.29, 1.82) is 0 Å². The van der Waals surface area contributed by atoms with Crippen molar-refractivity contribution in [2.75, 3.05) is 0 Å². The summed E-state index contributed by atoms with van der Waals surface area (Å²) in [5.41, 5.74) is 8.00. The predicted molar refractivity (Wildman–Crippen MR) is 136 cm³/mol. The minimum Gasteiger partial charge on any atom is -0.343 e. The maximum absolute atomic E-state index is 4.84. The van der Waals surface area contributed by atoms with E-state index >= 15 is 0 Å². The first-order valence-electron chi connectivity index (χ1n) is 11.2. The van der Waals surface area contributed by atoms with Crippen LogP contribution in [0, 0.1) is 0 Å². The summed E-state index contributed by atoms with van der Waals surface area (Å²) in [7, 11) is 2.13. The van der Waals surface area contributed by atoms with E-state index in [4.69, 9.17) is 15.0 Å². The fraction of sp³-hybridized carbons (Fsp3) is 0.107. The van der Waals surface area contributed by atoms with Crippen molar-refractivity contribution in [2.24, 2.45) is 7.05 Å². The van der Waals surface area contributed by atoms with E-state index in [0.29, 0.717) is 5.65 Å². The molecule has 0 spiro atoms. The molecule has 3 heterocycles. The van der Waals surface area contributed by atoms with E-state index < -0.39 is 0 Å². The summed E-state index contributed by atoms with van der Waals surface area (Å²) in [6.07, 6.45) is 4.27. The second kappa shape index (κ2) is 7.71. The highest BCUT2D eigenvalue weighted by Gasteiger charge is 2.16. The van der Waals surface area contributed by atoms with Gasteiger partial charge in [0, 0.05) is 30.1 Å². The van der Waals surface area contributed by atoms with Gasteiger partial charge >= 0.3 is 0 Å². The van der Waals surface area contributed by atoms with Crippen LogP contribution >= 0.6 is 0 Å². The summed E-state index contributed by atoms with van der Waals surface area (Å²) in [6.45, 7) is 2.88. The summed E-state index contributed by atoms with van der Waals surface area (Å²) in [5.74, 6) is 0.856. The number of hydrogen-bond acceptors (Lipinski definition) is 3. The summed E-state index contributed by atoms with van der Waals surface area (Å²) >= 11 is 0. The Labute approximate surface area is 191 Å². The van der Waals surface area contributed by atoms with Gasteiger partial charge in [-0.05, 0) is 42.8 Å². The van der Waals surface area contributed by atoms with Crippen LogP contribution in [-0.4, -0.2) is 24.1 Å². The molecule has 6 rings (SSSR count). The van der Waals surface area contributed by atoms with Gasteiger partial charge in [0.2, 0.25) is 0 Å². The molecular formula is C28H23N5. The van der Waals surface area contributed by atoms with Gasteiger partial charge in [0.15, 0.2) is 11.3 Å². The maximum Gasteiger partial charge on any atom is 0.198 e. The Balaban J connectivity index is 1.55. The Hall–Kier alpha value is -4.25.